The molecule has 1 heteroatoms. The highest BCUT2D eigenvalue weighted by molar-refractivity contribution is 2.51. The van der Waals surface area contributed by atoms with Gasteiger partial charge in [-0.3, -0.25) is 4.70 Å². The van der Waals surface area contributed by atoms with E-state index in [9.17, 15) is 0 Å². The van der Waals surface area contributed by atoms with E-state index < -0.39 is 0 Å². The molecule has 0 aromatic rings. The minimum Gasteiger partial charge on any atom is -0.269 e. The SMILES string of the molecule is C.C.C.C.C.C.F. The summed E-state index contributed by atoms with van der Waals surface area (Å²) in [6, 6.07) is 0. The van der Waals surface area contributed by atoms with Crippen molar-refractivity contribution in [2.24, 2.45) is 0 Å². The molecular weight excluding hydrogens is 91.1 g/mol. The third kappa shape index (κ3) is 18700. The van der Waals surface area contributed by atoms with Crippen LogP contribution >= 0.6 is 0 Å². The van der Waals surface area contributed by atoms with Gasteiger partial charge in [0.1, 0.15) is 0 Å². The second-order valence-electron chi connectivity index (χ2n) is 0. The van der Waals surface area contributed by atoms with Crippen molar-refractivity contribution in [3.8, 4) is 0 Å². The molecule has 0 radical (unpaired) electrons. The van der Waals surface area contributed by atoms with Crippen LogP contribution in [0.5, 0.6) is 0 Å². The van der Waals surface area contributed by atoms with Crippen LogP contribution in [0.15, 0.2) is 0 Å². The van der Waals surface area contributed by atoms with Crippen molar-refractivity contribution in [2.45, 2.75) is 44.6 Å². The maximum atomic E-state index is 0. The minimum absolute atomic E-state index is 0. The molecular formula is C6H25F. The Morgan fingerprint density at radius 2 is 0.286 bits per heavy atom. The average molecular weight is 116 g/mol. The lowest BCUT2D eigenvalue weighted by atomic mass is 12.0. The van der Waals surface area contributed by atoms with Gasteiger partial charge in [-0.05, 0) is 0 Å². The summed E-state index contributed by atoms with van der Waals surface area (Å²) in [7, 11) is 0. The standard InChI is InChI=1S/6CH4.FH/h6*1H4;1H. The Morgan fingerprint density at radius 1 is 0.286 bits per heavy atom. The van der Waals surface area contributed by atoms with Gasteiger partial charge < -0.3 is 0 Å². The van der Waals surface area contributed by atoms with Crippen LogP contribution in [-0.4, -0.2) is 0 Å². The molecule has 0 saturated carbocycles. The maximum absolute atomic E-state index is 0. The molecule has 0 amide bonds. The van der Waals surface area contributed by atoms with Crippen molar-refractivity contribution >= 4 is 0 Å². The highest BCUT2D eigenvalue weighted by Crippen LogP contribution is 0.420. The number of hydrogen-bond donors (Lipinski definition) is 0. The first-order valence-electron chi connectivity index (χ1n) is 0. The lowest BCUT2D eigenvalue weighted by Gasteiger charge is -0.269. The van der Waals surface area contributed by atoms with Gasteiger partial charge in [-0.25, -0.2) is 0 Å². The van der Waals surface area contributed by atoms with Crippen LogP contribution in [0.1, 0.15) is 44.6 Å². The van der Waals surface area contributed by atoms with Crippen molar-refractivity contribution in [1.82, 2.24) is 0 Å². The Balaban J connectivity index is 0. The van der Waals surface area contributed by atoms with Gasteiger partial charge in [-0.15, -0.1) is 0 Å². The van der Waals surface area contributed by atoms with E-state index in [1.807, 2.05) is 0 Å². The van der Waals surface area contributed by atoms with Crippen LogP contribution in [0.2, 0.25) is 0 Å². The first kappa shape index (κ1) is 49700. The van der Waals surface area contributed by atoms with Crippen molar-refractivity contribution in [3.63, 3.8) is 0 Å². The largest absolute Gasteiger partial charge is 0.269 e. The molecule has 0 saturated heterocycles. The first-order valence-corrected chi connectivity index (χ1v) is 0. The van der Waals surface area contributed by atoms with Crippen molar-refractivity contribution in [1.29, 1.82) is 0 Å². The average Bonchev–Trinajstić information content (AvgIpc) is 0. The molecule has 0 aliphatic heterocycles. The predicted octanol–water partition coefficient (Wildman–Crippen LogP) is 3.97. The van der Waals surface area contributed by atoms with E-state index in [1.54, 1.807) is 0 Å². The lowest BCUT2D eigenvalue weighted by Crippen LogP contribution is 0.143. The van der Waals surface area contributed by atoms with Crippen molar-refractivity contribution in [3.05, 3.63) is 0 Å². The predicted molar refractivity (Wildman–Crippen MR) is 42.9 cm³/mol. The molecule has 0 N–H and O–H groups in total. The van der Waals surface area contributed by atoms with Crippen LogP contribution in [-0.2, 0) is 0 Å². The van der Waals surface area contributed by atoms with E-state index in [2.05, 4.69) is 0 Å². The van der Waals surface area contributed by atoms with Gasteiger partial charge in [0.05, 0.1) is 0 Å². The van der Waals surface area contributed by atoms with E-state index in [0.717, 1.165) is 0 Å². The van der Waals surface area contributed by atoms with Crippen molar-refractivity contribution < 1.29 is 4.70 Å². The maximum Gasteiger partial charge on any atom is -0.0776 e. The number of halogens is 1. The van der Waals surface area contributed by atoms with E-state index in [4.69, 9.17) is 0 Å². The summed E-state index contributed by atoms with van der Waals surface area (Å²) in [5.41, 5.74) is 0. The molecule has 0 aliphatic carbocycles. The quantitative estimate of drug-likeness (QED) is 0.449. The van der Waals surface area contributed by atoms with E-state index in [0.29, 0.717) is 0 Å². The summed E-state index contributed by atoms with van der Waals surface area (Å²) >= 11 is 0. The second-order valence-corrected chi connectivity index (χ2v) is 0. The minimum atomic E-state index is 0. The van der Waals surface area contributed by atoms with Gasteiger partial charge >= 0.3 is 0 Å². The van der Waals surface area contributed by atoms with Crippen LogP contribution < -0.4 is 0 Å². The van der Waals surface area contributed by atoms with E-state index in [-0.39, 0.29) is 49.3 Å². The topological polar surface area (TPSA) is 0 Å². The molecule has 0 fully saturated rings. The molecule has 0 spiro atoms. The van der Waals surface area contributed by atoms with Crippen LogP contribution in [0.25, 0.3) is 0 Å². The molecule has 0 aliphatic rings. The molecule has 56 valence electrons. The van der Waals surface area contributed by atoms with Crippen LogP contribution in [0.3, 0.4) is 0 Å². The fraction of sp³-hybridized carbons (Fsp3) is 1.00. The third-order valence-electron chi connectivity index (χ3n) is 0. The lowest BCUT2D eigenvalue weighted by molar-refractivity contribution is 1.11. The van der Waals surface area contributed by atoms with E-state index in [1.165, 1.54) is 0 Å². The number of hydrogen-bond acceptors (Lipinski definition) is 0. The third-order valence-corrected chi connectivity index (χ3v) is 0. The molecule has 0 atom stereocenters. The summed E-state index contributed by atoms with van der Waals surface area (Å²) in [5, 5.41) is 0. The van der Waals surface area contributed by atoms with Gasteiger partial charge in [0.2, 0.25) is 0 Å². The van der Waals surface area contributed by atoms with Gasteiger partial charge in [0.25, 0.3) is 0 Å². The number of rotatable bonds is 0. The fourth-order valence-corrected chi connectivity index (χ4v) is 0. The monoisotopic (exact) mass is 116 g/mol. The van der Waals surface area contributed by atoms with Crippen molar-refractivity contribution in [2.75, 3.05) is 0 Å². The van der Waals surface area contributed by atoms with Gasteiger partial charge in [-0.2, -0.15) is 0 Å². The molecule has 0 aromatic carbocycles. The molecule has 0 heterocycles. The summed E-state index contributed by atoms with van der Waals surface area (Å²) in [6.07, 6.45) is 0. The molecule has 0 bridgehead atoms. The Morgan fingerprint density at radius 3 is 0.286 bits per heavy atom. The molecule has 0 nitrogen and oxygen atoms in total. The molecule has 0 aromatic heterocycles. The molecule has 0 unspecified atom stereocenters. The smallest absolute Gasteiger partial charge is 0.0776 e. The Kier molecular flexibility index (Phi) is 209000000. The summed E-state index contributed by atoms with van der Waals surface area (Å²) in [5.74, 6) is 0. The molecule has 7 heavy (non-hydrogen) atoms. The second kappa shape index (κ2) is 29400. The normalized spacial score (nSPS) is 0. The molecule has 0 rings (SSSR count). The highest BCUT2D eigenvalue weighted by atomic mass is 19.0. The van der Waals surface area contributed by atoms with E-state index >= 15 is 0 Å². The highest BCUT2D eigenvalue weighted by Gasteiger charge is -0.0725. The summed E-state index contributed by atoms with van der Waals surface area (Å²) in [6.45, 7) is 0. The Bertz CT molecular complexity index is 4.14. The zero-order chi connectivity index (χ0) is 0. The first-order chi connectivity index (χ1) is 0. The summed E-state index contributed by atoms with van der Waals surface area (Å²) in [4.78, 5) is 0. The van der Waals surface area contributed by atoms with Crippen LogP contribution in [0.4, 0.5) is 4.70 Å². The van der Waals surface area contributed by atoms with Gasteiger partial charge in [-0.1, -0.05) is 44.6 Å². The zero-order valence-corrected chi connectivity index (χ0v) is 0.408. The fourth-order valence-electron chi connectivity index (χ4n) is 0. The van der Waals surface area contributed by atoms with Gasteiger partial charge in [0.15, 0.2) is 0 Å². The Hall–Kier alpha value is -0.0700. The van der Waals surface area contributed by atoms with Crippen LogP contribution in [0, 0.1) is 0 Å². The zero-order valence-electron chi connectivity index (χ0n) is 0.408. The van der Waals surface area contributed by atoms with Gasteiger partial charge in [0, 0.05) is 0 Å². The summed E-state index contributed by atoms with van der Waals surface area (Å²) < 4.78 is 0. The Labute approximate surface area is 50.3 Å².